The lowest BCUT2D eigenvalue weighted by molar-refractivity contribution is 0.833. The SMILES string of the molecule is NCCCc1ccc2nc(C3CC3)[nH]c2c1. The molecule has 3 N–H and O–H groups in total. The van der Waals surface area contributed by atoms with E-state index in [9.17, 15) is 0 Å². The molecule has 84 valence electrons. The Labute approximate surface area is 95.1 Å². The summed E-state index contributed by atoms with van der Waals surface area (Å²) in [6.07, 6.45) is 4.69. The third kappa shape index (κ3) is 1.83. The quantitative estimate of drug-likeness (QED) is 0.822. The monoisotopic (exact) mass is 215 g/mol. The first-order valence-electron chi connectivity index (χ1n) is 6.05. The molecule has 1 aliphatic rings. The van der Waals surface area contributed by atoms with Crippen LogP contribution in [0.1, 0.15) is 36.6 Å². The number of aromatic amines is 1. The molecule has 3 heteroatoms. The van der Waals surface area contributed by atoms with Gasteiger partial charge in [-0.1, -0.05) is 6.07 Å². The molecule has 1 saturated carbocycles. The van der Waals surface area contributed by atoms with Crippen LogP contribution in [0, 0.1) is 0 Å². The van der Waals surface area contributed by atoms with E-state index in [4.69, 9.17) is 5.73 Å². The predicted octanol–water partition coefficient (Wildman–Crippen LogP) is 2.33. The van der Waals surface area contributed by atoms with E-state index in [1.807, 2.05) is 0 Å². The minimum atomic E-state index is 0.694. The van der Waals surface area contributed by atoms with Gasteiger partial charge in [0.2, 0.25) is 0 Å². The van der Waals surface area contributed by atoms with Crippen molar-refractivity contribution in [2.75, 3.05) is 6.54 Å². The summed E-state index contributed by atoms with van der Waals surface area (Å²) in [4.78, 5) is 8.05. The number of aromatic nitrogens is 2. The molecule has 0 aliphatic heterocycles. The van der Waals surface area contributed by atoms with Crippen LogP contribution in [-0.2, 0) is 6.42 Å². The summed E-state index contributed by atoms with van der Waals surface area (Å²) in [5.74, 6) is 1.87. The maximum atomic E-state index is 5.52. The van der Waals surface area contributed by atoms with Crippen LogP contribution < -0.4 is 5.73 Å². The van der Waals surface area contributed by atoms with E-state index in [0.717, 1.165) is 24.9 Å². The molecule has 16 heavy (non-hydrogen) atoms. The second kappa shape index (κ2) is 3.91. The van der Waals surface area contributed by atoms with Crippen LogP contribution in [0.2, 0.25) is 0 Å². The first-order valence-corrected chi connectivity index (χ1v) is 6.05. The van der Waals surface area contributed by atoms with Gasteiger partial charge in [0.1, 0.15) is 5.82 Å². The van der Waals surface area contributed by atoms with Gasteiger partial charge in [0.15, 0.2) is 0 Å². The summed E-state index contributed by atoms with van der Waals surface area (Å²) in [6, 6.07) is 6.49. The molecule has 1 aromatic heterocycles. The third-order valence-electron chi connectivity index (χ3n) is 3.20. The van der Waals surface area contributed by atoms with E-state index >= 15 is 0 Å². The van der Waals surface area contributed by atoms with E-state index < -0.39 is 0 Å². The van der Waals surface area contributed by atoms with Gasteiger partial charge < -0.3 is 10.7 Å². The second-order valence-electron chi connectivity index (χ2n) is 4.64. The minimum absolute atomic E-state index is 0.694. The van der Waals surface area contributed by atoms with E-state index in [-0.39, 0.29) is 0 Å². The Morgan fingerprint density at radius 3 is 3.00 bits per heavy atom. The average molecular weight is 215 g/mol. The fourth-order valence-electron chi connectivity index (χ4n) is 2.09. The fraction of sp³-hybridized carbons (Fsp3) is 0.462. The van der Waals surface area contributed by atoms with Gasteiger partial charge in [0.25, 0.3) is 0 Å². The number of rotatable bonds is 4. The lowest BCUT2D eigenvalue weighted by atomic mass is 10.1. The van der Waals surface area contributed by atoms with E-state index in [0.29, 0.717) is 5.92 Å². The molecule has 0 atom stereocenters. The number of aryl methyl sites for hydroxylation is 1. The highest BCUT2D eigenvalue weighted by atomic mass is 14.9. The van der Waals surface area contributed by atoms with Crippen molar-refractivity contribution in [3.05, 3.63) is 29.6 Å². The van der Waals surface area contributed by atoms with Gasteiger partial charge in [-0.05, 0) is 49.9 Å². The highest BCUT2D eigenvalue weighted by Crippen LogP contribution is 2.39. The fourth-order valence-corrected chi connectivity index (χ4v) is 2.09. The van der Waals surface area contributed by atoms with Crippen LogP contribution >= 0.6 is 0 Å². The number of nitrogens with two attached hydrogens (primary N) is 1. The van der Waals surface area contributed by atoms with Crippen molar-refractivity contribution in [2.24, 2.45) is 5.73 Å². The van der Waals surface area contributed by atoms with Crippen molar-refractivity contribution in [1.82, 2.24) is 9.97 Å². The normalized spacial score (nSPS) is 15.8. The lowest BCUT2D eigenvalue weighted by Gasteiger charge is -1.98. The van der Waals surface area contributed by atoms with Crippen LogP contribution in [-0.4, -0.2) is 16.5 Å². The Hall–Kier alpha value is -1.35. The summed E-state index contributed by atoms with van der Waals surface area (Å²) in [5.41, 5.74) is 9.14. The zero-order chi connectivity index (χ0) is 11.0. The van der Waals surface area contributed by atoms with Gasteiger partial charge in [-0.25, -0.2) is 4.98 Å². The molecule has 1 aromatic carbocycles. The molecule has 0 spiro atoms. The standard InChI is InChI=1S/C13H17N3/c14-7-1-2-9-3-6-11-12(8-9)16-13(15-11)10-4-5-10/h3,6,8,10H,1-2,4-5,7,14H2,(H,15,16). The van der Waals surface area contributed by atoms with E-state index in [2.05, 4.69) is 28.2 Å². The lowest BCUT2D eigenvalue weighted by Crippen LogP contribution is -2.00. The first kappa shape index (κ1) is 9.85. The molecule has 0 bridgehead atoms. The average Bonchev–Trinajstić information content (AvgIpc) is 3.06. The summed E-state index contributed by atoms with van der Waals surface area (Å²) in [5, 5.41) is 0. The molecule has 0 unspecified atom stereocenters. The largest absolute Gasteiger partial charge is 0.342 e. The number of fused-ring (bicyclic) bond motifs is 1. The van der Waals surface area contributed by atoms with Crippen LogP contribution in [0.3, 0.4) is 0 Å². The van der Waals surface area contributed by atoms with Gasteiger partial charge in [-0.15, -0.1) is 0 Å². The zero-order valence-corrected chi connectivity index (χ0v) is 9.37. The molecular weight excluding hydrogens is 198 g/mol. The van der Waals surface area contributed by atoms with Crippen molar-refractivity contribution in [1.29, 1.82) is 0 Å². The van der Waals surface area contributed by atoms with Crippen LogP contribution in [0.15, 0.2) is 18.2 Å². The van der Waals surface area contributed by atoms with Gasteiger partial charge in [0.05, 0.1) is 11.0 Å². The first-order chi connectivity index (χ1) is 7.86. The number of imidazole rings is 1. The molecule has 3 nitrogen and oxygen atoms in total. The van der Waals surface area contributed by atoms with Crippen LogP contribution in [0.5, 0.6) is 0 Å². The highest BCUT2D eigenvalue weighted by Gasteiger charge is 2.26. The second-order valence-corrected chi connectivity index (χ2v) is 4.64. The number of H-pyrrole nitrogens is 1. The number of nitrogens with one attached hydrogen (secondary N) is 1. The number of benzene rings is 1. The Kier molecular flexibility index (Phi) is 2.40. The summed E-state index contributed by atoms with van der Waals surface area (Å²) < 4.78 is 0. The summed E-state index contributed by atoms with van der Waals surface area (Å²) in [7, 11) is 0. The van der Waals surface area contributed by atoms with Crippen molar-refractivity contribution in [3.63, 3.8) is 0 Å². The number of hydrogen-bond donors (Lipinski definition) is 2. The van der Waals surface area contributed by atoms with Gasteiger partial charge in [-0.2, -0.15) is 0 Å². The number of hydrogen-bond acceptors (Lipinski definition) is 2. The molecule has 0 saturated heterocycles. The van der Waals surface area contributed by atoms with Gasteiger partial charge in [-0.3, -0.25) is 0 Å². The Morgan fingerprint density at radius 2 is 2.25 bits per heavy atom. The number of nitrogens with zero attached hydrogens (tertiary/aromatic N) is 1. The Bertz CT molecular complexity index is 497. The molecule has 1 heterocycles. The smallest absolute Gasteiger partial charge is 0.110 e. The van der Waals surface area contributed by atoms with Crippen molar-refractivity contribution in [2.45, 2.75) is 31.6 Å². The zero-order valence-electron chi connectivity index (χ0n) is 9.37. The third-order valence-corrected chi connectivity index (χ3v) is 3.20. The van der Waals surface area contributed by atoms with Crippen molar-refractivity contribution >= 4 is 11.0 Å². The molecule has 0 radical (unpaired) electrons. The molecule has 3 rings (SSSR count). The van der Waals surface area contributed by atoms with Crippen molar-refractivity contribution in [3.8, 4) is 0 Å². The summed E-state index contributed by atoms with van der Waals surface area (Å²) in [6.45, 7) is 0.758. The maximum absolute atomic E-state index is 5.52. The molecule has 2 aromatic rings. The van der Waals surface area contributed by atoms with E-state index in [1.165, 1.54) is 29.7 Å². The highest BCUT2D eigenvalue weighted by molar-refractivity contribution is 5.76. The predicted molar refractivity (Wildman–Crippen MR) is 65.4 cm³/mol. The molecule has 1 fully saturated rings. The minimum Gasteiger partial charge on any atom is -0.342 e. The molecular formula is C13H17N3. The Balaban J connectivity index is 1.90. The van der Waals surface area contributed by atoms with Gasteiger partial charge in [0, 0.05) is 5.92 Å². The van der Waals surface area contributed by atoms with E-state index in [1.54, 1.807) is 0 Å². The topological polar surface area (TPSA) is 54.7 Å². The summed E-state index contributed by atoms with van der Waals surface area (Å²) >= 11 is 0. The molecule has 1 aliphatic carbocycles. The van der Waals surface area contributed by atoms with Gasteiger partial charge >= 0.3 is 0 Å². The molecule has 0 amide bonds. The van der Waals surface area contributed by atoms with Crippen LogP contribution in [0.4, 0.5) is 0 Å². The van der Waals surface area contributed by atoms with Crippen LogP contribution in [0.25, 0.3) is 11.0 Å². The maximum Gasteiger partial charge on any atom is 0.110 e. The Morgan fingerprint density at radius 1 is 1.38 bits per heavy atom. The van der Waals surface area contributed by atoms with Crippen molar-refractivity contribution < 1.29 is 0 Å².